The van der Waals surface area contributed by atoms with Crippen LogP contribution in [0.5, 0.6) is 0 Å². The number of carbonyl (C=O) groups is 1. The number of anilines is 1. The van der Waals surface area contributed by atoms with E-state index in [2.05, 4.69) is 10.4 Å². The molecule has 118 valence electrons. The van der Waals surface area contributed by atoms with Gasteiger partial charge in [-0.05, 0) is 55.5 Å². The quantitative estimate of drug-likeness (QED) is 0.738. The molecule has 0 fully saturated rings. The highest BCUT2D eigenvalue weighted by Crippen LogP contribution is 2.13. The van der Waals surface area contributed by atoms with Gasteiger partial charge >= 0.3 is 0 Å². The Bertz CT molecular complexity index is 880. The van der Waals surface area contributed by atoms with Crippen LogP contribution in [-0.4, -0.2) is 25.0 Å². The van der Waals surface area contributed by atoms with Crippen LogP contribution in [0, 0.1) is 11.7 Å². The minimum atomic E-state index is -0.208. The highest BCUT2D eigenvalue weighted by molar-refractivity contribution is 7.71. The van der Waals surface area contributed by atoms with Crippen LogP contribution in [0.2, 0.25) is 5.02 Å². The van der Waals surface area contributed by atoms with E-state index in [0.717, 1.165) is 0 Å². The molecule has 2 aromatic heterocycles. The predicted octanol–water partition coefficient (Wildman–Crippen LogP) is 3.13. The van der Waals surface area contributed by atoms with Gasteiger partial charge in [-0.3, -0.25) is 9.47 Å². The monoisotopic (exact) mass is 347 g/mol. The summed E-state index contributed by atoms with van der Waals surface area (Å²) in [5.74, 6) is 0.492. The topological polar surface area (TPSA) is 56.8 Å². The number of aryl methyl sites for hydroxylation is 1. The lowest BCUT2D eigenvalue weighted by molar-refractivity contribution is -0.116. The Labute approximate surface area is 142 Å². The molecule has 0 atom stereocenters. The zero-order valence-corrected chi connectivity index (χ0v) is 13.9. The maximum absolute atomic E-state index is 12.2. The van der Waals surface area contributed by atoms with Crippen LogP contribution in [-0.2, 0) is 11.3 Å². The first-order valence-corrected chi connectivity index (χ1v) is 7.69. The van der Waals surface area contributed by atoms with E-state index < -0.39 is 0 Å². The number of aromatic nitrogens is 4. The molecule has 1 amide bonds. The van der Waals surface area contributed by atoms with Crippen LogP contribution in [0.25, 0.3) is 0 Å². The van der Waals surface area contributed by atoms with Gasteiger partial charge in [-0.25, -0.2) is 9.36 Å². The van der Waals surface area contributed by atoms with Crippen molar-refractivity contribution < 1.29 is 4.79 Å². The fourth-order valence-corrected chi connectivity index (χ4v) is 2.66. The lowest BCUT2D eigenvalue weighted by Crippen LogP contribution is -2.20. The van der Waals surface area contributed by atoms with Gasteiger partial charge in [0.15, 0.2) is 0 Å². The highest BCUT2D eigenvalue weighted by Gasteiger charge is 2.11. The van der Waals surface area contributed by atoms with Gasteiger partial charge in [0.1, 0.15) is 12.4 Å². The Hall–Kier alpha value is -2.38. The molecule has 8 heteroatoms. The zero-order valence-electron chi connectivity index (χ0n) is 12.3. The van der Waals surface area contributed by atoms with Crippen molar-refractivity contribution in [1.29, 1.82) is 0 Å². The number of rotatable bonds is 4. The summed E-state index contributed by atoms with van der Waals surface area (Å²) in [6, 6.07) is 10.7. The number of benzene rings is 1. The molecule has 0 aliphatic heterocycles. The fourth-order valence-electron chi connectivity index (χ4n) is 2.20. The van der Waals surface area contributed by atoms with Crippen LogP contribution < -0.4 is 5.32 Å². The zero-order chi connectivity index (χ0) is 16.4. The molecule has 0 unspecified atom stereocenters. The number of hydrogen-bond acceptors (Lipinski definition) is 3. The van der Waals surface area contributed by atoms with Crippen molar-refractivity contribution in [3.8, 4) is 0 Å². The second-order valence-electron chi connectivity index (χ2n) is 4.92. The number of carbonyl (C=O) groups excluding carboxylic acids is 1. The largest absolute Gasteiger partial charge is 0.324 e. The van der Waals surface area contributed by atoms with Crippen molar-refractivity contribution in [2.24, 2.45) is 0 Å². The van der Waals surface area contributed by atoms with Gasteiger partial charge in [0.25, 0.3) is 0 Å². The van der Waals surface area contributed by atoms with E-state index in [4.69, 9.17) is 23.8 Å². The SMILES string of the molecule is Cc1nn(CC(=O)Nc2ccc(Cl)cc2)c(=S)n1-n1cccc1. The Kier molecular flexibility index (Phi) is 4.31. The van der Waals surface area contributed by atoms with Gasteiger partial charge < -0.3 is 5.32 Å². The summed E-state index contributed by atoms with van der Waals surface area (Å²) in [4.78, 5) is 12.2. The maximum atomic E-state index is 12.2. The molecule has 23 heavy (non-hydrogen) atoms. The number of nitrogens with zero attached hydrogens (tertiary/aromatic N) is 4. The second kappa shape index (κ2) is 6.39. The maximum Gasteiger partial charge on any atom is 0.246 e. The lowest BCUT2D eigenvalue weighted by atomic mass is 10.3. The van der Waals surface area contributed by atoms with Crippen LogP contribution >= 0.6 is 23.8 Å². The standard InChI is InChI=1S/C15H14ClN5OS/c1-11-18-20(15(23)21(11)19-8-2-3-9-19)10-14(22)17-13-6-4-12(16)5-7-13/h2-9H,10H2,1H3,(H,17,22). The van der Waals surface area contributed by atoms with Crippen molar-refractivity contribution in [2.75, 3.05) is 5.32 Å². The number of halogens is 1. The summed E-state index contributed by atoms with van der Waals surface area (Å²) >= 11 is 11.2. The molecule has 3 aromatic rings. The fraction of sp³-hybridized carbons (Fsp3) is 0.133. The first-order chi connectivity index (χ1) is 11.0. The summed E-state index contributed by atoms with van der Waals surface area (Å²) in [5, 5.41) is 7.74. The van der Waals surface area contributed by atoms with Gasteiger partial charge in [-0.15, -0.1) is 0 Å². The van der Waals surface area contributed by atoms with Gasteiger partial charge in [0, 0.05) is 23.1 Å². The molecule has 0 bridgehead atoms. The van der Waals surface area contributed by atoms with Crippen molar-refractivity contribution in [1.82, 2.24) is 19.1 Å². The van der Waals surface area contributed by atoms with Gasteiger partial charge in [-0.2, -0.15) is 5.10 Å². The summed E-state index contributed by atoms with van der Waals surface area (Å²) in [5.41, 5.74) is 0.674. The lowest BCUT2D eigenvalue weighted by Gasteiger charge is -2.06. The molecule has 3 rings (SSSR count). The molecule has 6 nitrogen and oxygen atoms in total. The minimum absolute atomic E-state index is 0.0383. The Morgan fingerprint density at radius 1 is 1.26 bits per heavy atom. The summed E-state index contributed by atoms with van der Waals surface area (Å²) in [6.07, 6.45) is 3.73. The molecule has 0 aliphatic rings. The van der Waals surface area contributed by atoms with Crippen LogP contribution in [0.1, 0.15) is 5.82 Å². The Morgan fingerprint density at radius 2 is 1.91 bits per heavy atom. The first-order valence-electron chi connectivity index (χ1n) is 6.90. The molecular formula is C15H14ClN5OS. The normalized spacial score (nSPS) is 10.7. The molecule has 0 radical (unpaired) electrons. The van der Waals surface area contributed by atoms with Crippen LogP contribution in [0.4, 0.5) is 5.69 Å². The van der Waals surface area contributed by atoms with Crippen molar-refractivity contribution in [2.45, 2.75) is 13.5 Å². The van der Waals surface area contributed by atoms with Crippen molar-refractivity contribution in [3.05, 3.63) is 64.4 Å². The Morgan fingerprint density at radius 3 is 2.57 bits per heavy atom. The summed E-state index contributed by atoms with van der Waals surface area (Å²) < 4.78 is 5.52. The number of nitrogens with one attached hydrogen (secondary N) is 1. The molecule has 1 aromatic carbocycles. The van der Waals surface area contributed by atoms with Crippen LogP contribution in [0.15, 0.2) is 48.8 Å². The molecule has 1 N–H and O–H groups in total. The molecule has 0 aliphatic carbocycles. The van der Waals surface area contributed by atoms with E-state index >= 15 is 0 Å². The average molecular weight is 348 g/mol. The third-order valence-corrected chi connectivity index (χ3v) is 3.85. The Balaban J connectivity index is 1.78. The second-order valence-corrected chi connectivity index (χ2v) is 5.72. The van der Waals surface area contributed by atoms with Crippen molar-refractivity contribution in [3.63, 3.8) is 0 Å². The van der Waals surface area contributed by atoms with E-state index in [1.165, 1.54) is 4.68 Å². The predicted molar refractivity (Wildman–Crippen MR) is 91.1 cm³/mol. The van der Waals surface area contributed by atoms with E-state index in [1.807, 2.05) is 36.1 Å². The third kappa shape index (κ3) is 3.35. The average Bonchev–Trinajstić information content (AvgIpc) is 3.11. The van der Waals surface area contributed by atoms with Gasteiger partial charge in [0.05, 0.1) is 0 Å². The number of hydrogen-bond donors (Lipinski definition) is 1. The van der Waals surface area contributed by atoms with Gasteiger partial charge in [0.2, 0.25) is 10.7 Å². The van der Waals surface area contributed by atoms with Crippen molar-refractivity contribution >= 4 is 35.4 Å². The van der Waals surface area contributed by atoms with Crippen LogP contribution in [0.3, 0.4) is 0 Å². The molecular weight excluding hydrogens is 334 g/mol. The summed E-state index contributed by atoms with van der Waals surface area (Å²) in [7, 11) is 0. The van der Waals surface area contributed by atoms with Gasteiger partial charge in [-0.1, -0.05) is 11.6 Å². The molecule has 0 saturated carbocycles. The highest BCUT2D eigenvalue weighted by atomic mass is 35.5. The minimum Gasteiger partial charge on any atom is -0.324 e. The smallest absolute Gasteiger partial charge is 0.246 e. The molecule has 0 spiro atoms. The van der Waals surface area contributed by atoms with E-state index in [0.29, 0.717) is 21.3 Å². The third-order valence-electron chi connectivity index (χ3n) is 3.21. The molecule has 0 saturated heterocycles. The van der Waals surface area contributed by atoms with E-state index in [-0.39, 0.29) is 12.5 Å². The first kappa shape index (κ1) is 15.5. The van der Waals surface area contributed by atoms with E-state index in [1.54, 1.807) is 28.9 Å². The summed E-state index contributed by atoms with van der Waals surface area (Å²) in [6.45, 7) is 1.87. The number of amides is 1. The van der Waals surface area contributed by atoms with E-state index in [9.17, 15) is 4.79 Å². The molecule has 2 heterocycles.